The molecular weight excluding hydrogens is 298 g/mol. The van der Waals surface area contributed by atoms with Crippen LogP contribution in [0.4, 0.5) is 0 Å². The highest BCUT2D eigenvalue weighted by Gasteiger charge is 2.28. The lowest BCUT2D eigenvalue weighted by molar-refractivity contribution is -0.0472. The molecule has 2 N–H and O–H groups in total. The molecule has 1 heterocycles. The quantitative estimate of drug-likeness (QED) is 0.866. The second-order valence-electron chi connectivity index (χ2n) is 6.13. The normalized spacial score (nSPS) is 13.2. The number of ether oxygens (including phenoxy) is 2. The van der Waals surface area contributed by atoms with Gasteiger partial charge >= 0.3 is 0 Å². The molecule has 126 valence electrons. The number of aliphatic hydroxyl groups is 2. The SMILES string of the molecule is COc1ccc2c(OC)c(CC(O)C(C)(C)O)c(=O)n(C)c2c1. The van der Waals surface area contributed by atoms with Gasteiger partial charge in [-0.15, -0.1) is 0 Å². The van der Waals surface area contributed by atoms with E-state index in [1.54, 1.807) is 26.3 Å². The monoisotopic (exact) mass is 321 g/mol. The molecular formula is C17H23NO5. The van der Waals surface area contributed by atoms with Crippen LogP contribution in [0.3, 0.4) is 0 Å². The first-order valence-corrected chi connectivity index (χ1v) is 7.34. The van der Waals surface area contributed by atoms with Crippen molar-refractivity contribution in [3.05, 3.63) is 34.1 Å². The van der Waals surface area contributed by atoms with Crippen LogP contribution in [0.2, 0.25) is 0 Å². The standard InChI is InChI=1S/C17H23NO5/c1-17(2,21)14(19)9-12-15(23-5)11-7-6-10(22-4)8-13(11)18(3)16(12)20/h6-8,14,19,21H,9H2,1-5H3. The van der Waals surface area contributed by atoms with Crippen LogP contribution in [0.15, 0.2) is 23.0 Å². The minimum Gasteiger partial charge on any atom is -0.497 e. The summed E-state index contributed by atoms with van der Waals surface area (Å²) in [5.74, 6) is 1.05. The number of rotatable bonds is 5. The number of hydrogen-bond acceptors (Lipinski definition) is 5. The summed E-state index contributed by atoms with van der Waals surface area (Å²) in [4.78, 5) is 12.7. The third-order valence-corrected chi connectivity index (χ3v) is 4.06. The number of benzene rings is 1. The van der Waals surface area contributed by atoms with E-state index < -0.39 is 11.7 Å². The largest absolute Gasteiger partial charge is 0.497 e. The molecule has 0 aliphatic rings. The summed E-state index contributed by atoms with van der Waals surface area (Å²) >= 11 is 0. The molecule has 0 fully saturated rings. The number of hydrogen-bond donors (Lipinski definition) is 2. The average Bonchev–Trinajstić information content (AvgIpc) is 2.51. The number of aromatic nitrogens is 1. The molecule has 6 nitrogen and oxygen atoms in total. The average molecular weight is 321 g/mol. The number of nitrogens with zero attached hydrogens (tertiary/aromatic N) is 1. The van der Waals surface area contributed by atoms with Crippen molar-refractivity contribution in [2.75, 3.05) is 14.2 Å². The molecule has 0 spiro atoms. The number of fused-ring (bicyclic) bond motifs is 1. The van der Waals surface area contributed by atoms with Crippen molar-refractivity contribution in [1.29, 1.82) is 0 Å². The number of aliphatic hydroxyl groups excluding tert-OH is 1. The molecule has 1 atom stereocenters. The van der Waals surface area contributed by atoms with E-state index in [1.165, 1.54) is 25.5 Å². The van der Waals surface area contributed by atoms with Crippen molar-refractivity contribution < 1.29 is 19.7 Å². The summed E-state index contributed by atoms with van der Waals surface area (Å²) in [6.07, 6.45) is -1.08. The van der Waals surface area contributed by atoms with Gasteiger partial charge in [0.15, 0.2) is 0 Å². The molecule has 2 rings (SSSR count). The molecule has 1 aromatic heterocycles. The Morgan fingerprint density at radius 3 is 2.43 bits per heavy atom. The third kappa shape index (κ3) is 3.18. The molecule has 0 saturated heterocycles. The zero-order chi connectivity index (χ0) is 17.4. The van der Waals surface area contributed by atoms with Crippen LogP contribution in [-0.4, -0.2) is 40.7 Å². The molecule has 6 heteroatoms. The maximum atomic E-state index is 12.7. The fourth-order valence-electron chi connectivity index (χ4n) is 2.54. The van der Waals surface area contributed by atoms with Gasteiger partial charge in [-0.05, 0) is 26.0 Å². The lowest BCUT2D eigenvalue weighted by Gasteiger charge is -2.25. The zero-order valence-corrected chi connectivity index (χ0v) is 14.1. The highest BCUT2D eigenvalue weighted by molar-refractivity contribution is 5.87. The van der Waals surface area contributed by atoms with E-state index in [2.05, 4.69) is 0 Å². The van der Waals surface area contributed by atoms with Crippen molar-refractivity contribution >= 4 is 10.9 Å². The molecule has 0 saturated carbocycles. The Kier molecular flexibility index (Phi) is 4.68. The Balaban J connectivity index is 2.71. The summed E-state index contributed by atoms with van der Waals surface area (Å²) in [6.45, 7) is 3.00. The Labute approximate surface area is 134 Å². The molecule has 1 aromatic carbocycles. The number of methoxy groups -OCH3 is 2. The molecule has 0 aliphatic carbocycles. The van der Waals surface area contributed by atoms with Gasteiger partial charge in [-0.3, -0.25) is 4.79 Å². The first kappa shape index (κ1) is 17.3. The zero-order valence-electron chi connectivity index (χ0n) is 14.1. The summed E-state index contributed by atoms with van der Waals surface area (Å²) in [5, 5.41) is 20.8. The Morgan fingerprint density at radius 1 is 1.26 bits per heavy atom. The van der Waals surface area contributed by atoms with Crippen molar-refractivity contribution in [2.24, 2.45) is 7.05 Å². The maximum absolute atomic E-state index is 12.7. The van der Waals surface area contributed by atoms with Gasteiger partial charge in [0.1, 0.15) is 11.5 Å². The fraction of sp³-hybridized carbons (Fsp3) is 0.471. The lowest BCUT2D eigenvalue weighted by Crippen LogP contribution is -2.39. The van der Waals surface area contributed by atoms with Gasteiger partial charge in [0.2, 0.25) is 0 Å². The molecule has 0 bridgehead atoms. The minimum absolute atomic E-state index is 0.00131. The van der Waals surface area contributed by atoms with Gasteiger partial charge < -0.3 is 24.3 Å². The van der Waals surface area contributed by atoms with E-state index in [4.69, 9.17) is 9.47 Å². The van der Waals surface area contributed by atoms with Crippen LogP contribution in [0.25, 0.3) is 10.9 Å². The van der Waals surface area contributed by atoms with Gasteiger partial charge in [-0.25, -0.2) is 0 Å². The van der Waals surface area contributed by atoms with Crippen LogP contribution in [0.5, 0.6) is 11.5 Å². The van der Waals surface area contributed by atoms with Gasteiger partial charge in [-0.1, -0.05) is 0 Å². The van der Waals surface area contributed by atoms with Gasteiger partial charge in [0.25, 0.3) is 5.56 Å². The van der Waals surface area contributed by atoms with E-state index in [0.717, 1.165) is 5.39 Å². The van der Waals surface area contributed by atoms with Crippen LogP contribution in [0, 0.1) is 0 Å². The first-order chi connectivity index (χ1) is 10.7. The second kappa shape index (κ2) is 6.22. The van der Waals surface area contributed by atoms with Gasteiger partial charge in [0, 0.05) is 24.9 Å². The van der Waals surface area contributed by atoms with Crippen LogP contribution in [0.1, 0.15) is 19.4 Å². The van der Waals surface area contributed by atoms with Crippen LogP contribution in [-0.2, 0) is 13.5 Å². The van der Waals surface area contributed by atoms with E-state index >= 15 is 0 Å². The number of pyridine rings is 1. The van der Waals surface area contributed by atoms with E-state index in [-0.39, 0.29) is 12.0 Å². The third-order valence-electron chi connectivity index (χ3n) is 4.06. The molecule has 1 unspecified atom stereocenters. The Bertz CT molecular complexity index is 773. The van der Waals surface area contributed by atoms with E-state index in [0.29, 0.717) is 22.6 Å². The van der Waals surface area contributed by atoms with Crippen molar-refractivity contribution in [3.63, 3.8) is 0 Å². The van der Waals surface area contributed by atoms with Crippen LogP contribution < -0.4 is 15.0 Å². The highest BCUT2D eigenvalue weighted by atomic mass is 16.5. The number of aryl methyl sites for hydroxylation is 1. The fourth-order valence-corrected chi connectivity index (χ4v) is 2.54. The second-order valence-corrected chi connectivity index (χ2v) is 6.13. The predicted molar refractivity (Wildman–Crippen MR) is 88.3 cm³/mol. The van der Waals surface area contributed by atoms with Crippen LogP contribution >= 0.6 is 0 Å². The summed E-state index contributed by atoms with van der Waals surface area (Å²) in [6, 6.07) is 5.35. The molecule has 0 amide bonds. The smallest absolute Gasteiger partial charge is 0.257 e. The van der Waals surface area contributed by atoms with Crippen molar-refractivity contribution in [3.8, 4) is 11.5 Å². The highest BCUT2D eigenvalue weighted by Crippen LogP contribution is 2.31. The molecule has 0 radical (unpaired) electrons. The van der Waals surface area contributed by atoms with Crippen molar-refractivity contribution in [2.45, 2.75) is 32.0 Å². The van der Waals surface area contributed by atoms with Gasteiger partial charge in [-0.2, -0.15) is 0 Å². The predicted octanol–water partition coefficient (Wildman–Crippen LogP) is 1.23. The topological polar surface area (TPSA) is 80.9 Å². The maximum Gasteiger partial charge on any atom is 0.257 e. The lowest BCUT2D eigenvalue weighted by atomic mass is 9.94. The summed E-state index contributed by atoms with van der Waals surface area (Å²) in [7, 11) is 4.70. The molecule has 23 heavy (non-hydrogen) atoms. The van der Waals surface area contributed by atoms with E-state index in [9.17, 15) is 15.0 Å². The van der Waals surface area contributed by atoms with Crippen molar-refractivity contribution in [1.82, 2.24) is 4.57 Å². The minimum atomic E-state index is -1.31. The summed E-state index contributed by atoms with van der Waals surface area (Å²) < 4.78 is 12.1. The molecule has 0 aliphatic heterocycles. The van der Waals surface area contributed by atoms with E-state index in [1.807, 2.05) is 6.07 Å². The Hall–Kier alpha value is -2.05. The molecule has 2 aromatic rings. The Morgan fingerprint density at radius 2 is 1.91 bits per heavy atom. The first-order valence-electron chi connectivity index (χ1n) is 7.34. The summed E-state index contributed by atoms with van der Waals surface area (Å²) in [5.41, 5.74) is -0.578. The van der Waals surface area contributed by atoms with Gasteiger partial charge in [0.05, 0.1) is 37.0 Å².